The molecule has 3 rings (SSSR count). The lowest BCUT2D eigenvalue weighted by Gasteiger charge is -2.06. The van der Waals surface area contributed by atoms with Crippen molar-refractivity contribution in [1.29, 1.82) is 0 Å². The zero-order valence-electron chi connectivity index (χ0n) is 17.4. The molecular weight excluding hydrogens is 437 g/mol. The third-order valence-corrected chi connectivity index (χ3v) is 4.25. The van der Waals surface area contributed by atoms with Gasteiger partial charge in [0.05, 0.1) is 23.2 Å². The third-order valence-electron chi connectivity index (χ3n) is 4.25. The first-order valence-electron chi connectivity index (χ1n) is 9.64. The molecule has 1 amide bonds. The maximum atomic E-state index is 12.8. The quantitative estimate of drug-likeness (QED) is 0.273. The summed E-state index contributed by atoms with van der Waals surface area (Å²) in [4.78, 5) is 11.9. The van der Waals surface area contributed by atoms with Crippen molar-refractivity contribution in [1.82, 2.24) is 5.43 Å². The molecule has 0 fully saturated rings. The normalized spacial score (nSPS) is 11.8. The number of halogens is 3. The summed E-state index contributed by atoms with van der Waals surface area (Å²) in [5.41, 5.74) is 3.01. The average Bonchev–Trinajstić information content (AvgIpc) is 2.78. The van der Waals surface area contributed by atoms with Crippen LogP contribution in [0.2, 0.25) is 0 Å². The highest BCUT2D eigenvalue weighted by Crippen LogP contribution is 2.32. The van der Waals surface area contributed by atoms with Crippen LogP contribution >= 0.6 is 0 Å². The van der Waals surface area contributed by atoms with Crippen LogP contribution in [0.25, 0.3) is 0 Å². The molecule has 3 aromatic rings. The second-order valence-corrected chi connectivity index (χ2v) is 6.89. The number of carbonyl (C=O) groups is 1. The smallest absolute Gasteiger partial charge is 0.416 e. The summed E-state index contributed by atoms with van der Waals surface area (Å²) >= 11 is 0. The van der Waals surface area contributed by atoms with Gasteiger partial charge in [0, 0.05) is 5.56 Å². The Bertz CT molecular complexity index is 1180. The van der Waals surface area contributed by atoms with Gasteiger partial charge in [-0.1, -0.05) is 23.8 Å². The predicted molar refractivity (Wildman–Crippen MR) is 116 cm³/mol. The van der Waals surface area contributed by atoms with Gasteiger partial charge in [-0.15, -0.1) is 0 Å². The zero-order chi connectivity index (χ0) is 23.8. The van der Waals surface area contributed by atoms with Crippen molar-refractivity contribution in [3.8, 4) is 11.5 Å². The molecule has 0 aliphatic heterocycles. The molecule has 0 unspecified atom stereocenters. The number of phenolic OH excluding ortho intramolecular Hbond substituents is 1. The second kappa shape index (κ2) is 10.4. The fraction of sp³-hybridized carbons (Fsp3) is 0.130. The Hall–Kier alpha value is -4.21. The molecule has 0 saturated heterocycles. The molecule has 0 aromatic heterocycles. The topological polar surface area (TPSA) is 95.6 Å². The summed E-state index contributed by atoms with van der Waals surface area (Å²) < 4.78 is 43.7. The minimum Gasteiger partial charge on any atom is -0.507 e. The van der Waals surface area contributed by atoms with Gasteiger partial charge in [0.25, 0.3) is 5.91 Å². The molecule has 0 saturated carbocycles. The molecule has 3 aromatic carbocycles. The Kier molecular flexibility index (Phi) is 7.39. The SMILES string of the molecule is Cc1ccc(OCC(=O)NN=Cc2cc(N=Nc3cccc(C(F)(F)F)c3)ccc2O)cc1. The molecule has 0 atom stereocenters. The van der Waals surface area contributed by atoms with Gasteiger partial charge in [-0.3, -0.25) is 4.79 Å². The molecule has 2 N–H and O–H groups in total. The number of hydrogen-bond acceptors (Lipinski definition) is 6. The van der Waals surface area contributed by atoms with Crippen LogP contribution in [0, 0.1) is 6.92 Å². The fourth-order valence-electron chi connectivity index (χ4n) is 2.56. The van der Waals surface area contributed by atoms with Gasteiger partial charge in [-0.05, 0) is 55.5 Å². The Labute approximate surface area is 187 Å². The maximum Gasteiger partial charge on any atom is 0.416 e. The van der Waals surface area contributed by atoms with Gasteiger partial charge >= 0.3 is 6.18 Å². The number of ether oxygens (including phenoxy) is 1. The van der Waals surface area contributed by atoms with Crippen molar-refractivity contribution in [2.24, 2.45) is 15.3 Å². The van der Waals surface area contributed by atoms with Crippen LogP contribution in [-0.2, 0) is 11.0 Å². The number of alkyl halides is 3. The number of rotatable bonds is 7. The predicted octanol–water partition coefficient (Wildman–Crippen LogP) is 5.66. The number of amides is 1. The first-order valence-corrected chi connectivity index (χ1v) is 9.64. The van der Waals surface area contributed by atoms with Crippen LogP contribution in [0.15, 0.2) is 82.1 Å². The van der Waals surface area contributed by atoms with E-state index in [-0.39, 0.29) is 29.3 Å². The molecule has 170 valence electrons. The highest BCUT2D eigenvalue weighted by molar-refractivity contribution is 5.86. The standard InChI is InChI=1S/C23H19F3N4O3/c1-15-5-8-20(9-6-15)33-14-22(32)30-27-13-16-11-19(7-10-21(16)31)29-28-18-4-2-3-17(12-18)23(24,25)26/h2-13,31H,14H2,1H3,(H,30,32). The zero-order valence-corrected chi connectivity index (χ0v) is 17.4. The van der Waals surface area contributed by atoms with E-state index in [9.17, 15) is 23.1 Å². The molecule has 0 spiro atoms. The van der Waals surface area contributed by atoms with E-state index in [2.05, 4.69) is 20.8 Å². The molecule has 0 radical (unpaired) electrons. The van der Waals surface area contributed by atoms with Crippen LogP contribution in [0.5, 0.6) is 11.5 Å². The summed E-state index contributed by atoms with van der Waals surface area (Å²) in [7, 11) is 0. The first kappa shape index (κ1) is 23.5. The van der Waals surface area contributed by atoms with Crippen molar-refractivity contribution in [2.75, 3.05) is 6.61 Å². The minimum atomic E-state index is -4.48. The number of hydrogen-bond donors (Lipinski definition) is 2. The number of carbonyl (C=O) groups excluding carboxylic acids is 1. The van der Waals surface area contributed by atoms with Gasteiger partial charge in [-0.25, -0.2) is 5.43 Å². The lowest BCUT2D eigenvalue weighted by molar-refractivity contribution is -0.137. The molecule has 7 nitrogen and oxygen atoms in total. The lowest BCUT2D eigenvalue weighted by atomic mass is 10.2. The van der Waals surface area contributed by atoms with Crippen molar-refractivity contribution in [3.63, 3.8) is 0 Å². The minimum absolute atomic E-state index is 0.0222. The van der Waals surface area contributed by atoms with E-state index in [1.54, 1.807) is 12.1 Å². The summed E-state index contributed by atoms with van der Waals surface area (Å²) in [6.45, 7) is 1.68. The molecule has 0 aliphatic carbocycles. The van der Waals surface area contributed by atoms with Crippen molar-refractivity contribution in [2.45, 2.75) is 13.1 Å². The largest absolute Gasteiger partial charge is 0.507 e. The van der Waals surface area contributed by atoms with Crippen LogP contribution in [-0.4, -0.2) is 23.8 Å². The van der Waals surface area contributed by atoms with E-state index in [0.717, 1.165) is 17.7 Å². The molecule has 33 heavy (non-hydrogen) atoms. The molecule has 0 aliphatic rings. The van der Waals surface area contributed by atoms with E-state index >= 15 is 0 Å². The van der Waals surface area contributed by atoms with E-state index in [1.165, 1.54) is 36.5 Å². The fourth-order valence-corrected chi connectivity index (χ4v) is 2.56. The van der Waals surface area contributed by atoms with Crippen LogP contribution < -0.4 is 10.2 Å². The first-order chi connectivity index (χ1) is 15.7. The number of hydrazone groups is 1. The lowest BCUT2D eigenvalue weighted by Crippen LogP contribution is -2.24. The van der Waals surface area contributed by atoms with Gasteiger partial charge in [0.1, 0.15) is 11.5 Å². The molecule has 0 bridgehead atoms. The van der Waals surface area contributed by atoms with Crippen LogP contribution in [0.1, 0.15) is 16.7 Å². The van der Waals surface area contributed by atoms with Gasteiger partial charge in [-0.2, -0.15) is 28.5 Å². The summed E-state index contributed by atoms with van der Waals surface area (Å²) in [5.74, 6) is -0.107. The molecule has 10 heteroatoms. The highest BCUT2D eigenvalue weighted by Gasteiger charge is 2.30. The second-order valence-electron chi connectivity index (χ2n) is 6.89. The number of azo groups is 1. The van der Waals surface area contributed by atoms with Crippen LogP contribution in [0.4, 0.5) is 24.5 Å². The number of benzene rings is 3. The van der Waals surface area contributed by atoms with E-state index in [4.69, 9.17) is 4.74 Å². The Morgan fingerprint density at radius 2 is 1.73 bits per heavy atom. The Morgan fingerprint density at radius 3 is 2.42 bits per heavy atom. The van der Waals surface area contributed by atoms with E-state index in [0.29, 0.717) is 5.75 Å². The Balaban J connectivity index is 1.60. The summed E-state index contributed by atoms with van der Waals surface area (Å²) in [6, 6.07) is 15.8. The summed E-state index contributed by atoms with van der Waals surface area (Å²) in [6.07, 6.45) is -3.29. The molecule has 0 heterocycles. The number of nitrogens with one attached hydrogen (secondary N) is 1. The number of nitrogens with zero attached hydrogens (tertiary/aromatic N) is 3. The number of aromatic hydroxyl groups is 1. The summed E-state index contributed by atoms with van der Waals surface area (Å²) in [5, 5.41) is 21.4. The molecular formula is C23H19F3N4O3. The number of aryl methyl sites for hydroxylation is 1. The van der Waals surface area contributed by atoms with Crippen LogP contribution in [0.3, 0.4) is 0 Å². The average molecular weight is 456 g/mol. The van der Waals surface area contributed by atoms with Gasteiger partial charge < -0.3 is 9.84 Å². The maximum absolute atomic E-state index is 12.8. The number of phenols is 1. The third kappa shape index (κ3) is 7.17. The Morgan fingerprint density at radius 1 is 1.03 bits per heavy atom. The van der Waals surface area contributed by atoms with Crippen molar-refractivity contribution >= 4 is 23.5 Å². The van der Waals surface area contributed by atoms with Gasteiger partial charge in [0.15, 0.2) is 6.61 Å². The monoisotopic (exact) mass is 456 g/mol. The van der Waals surface area contributed by atoms with E-state index < -0.39 is 17.6 Å². The highest BCUT2D eigenvalue weighted by atomic mass is 19.4. The van der Waals surface area contributed by atoms with E-state index in [1.807, 2.05) is 19.1 Å². The van der Waals surface area contributed by atoms with Crippen molar-refractivity contribution in [3.05, 3.63) is 83.4 Å². The van der Waals surface area contributed by atoms with Gasteiger partial charge in [0.2, 0.25) is 0 Å². The van der Waals surface area contributed by atoms with Crippen molar-refractivity contribution < 1.29 is 27.8 Å².